The minimum Gasteiger partial charge on any atom is -0.756 e. The van der Waals surface area contributed by atoms with Crippen molar-refractivity contribution in [2.24, 2.45) is 0 Å². The first-order valence-corrected chi connectivity index (χ1v) is 22.9. The van der Waals surface area contributed by atoms with E-state index >= 15 is 0 Å². The summed E-state index contributed by atoms with van der Waals surface area (Å²) in [7, 11) is 1.16. The fraction of sp³-hybridized carbons (Fsp3) is 0.905. The third kappa shape index (κ3) is 38.5. The molecule has 0 aromatic carbocycles. The Bertz CT molecular complexity index is 907. The molecule has 0 spiro atoms. The molecule has 0 aliphatic carbocycles. The fourth-order valence-corrected chi connectivity index (χ4v) is 6.61. The molecule has 0 heterocycles. The van der Waals surface area contributed by atoms with Gasteiger partial charge in [-0.1, -0.05) is 154 Å². The van der Waals surface area contributed by atoms with Crippen LogP contribution in [0.4, 0.5) is 0 Å². The van der Waals surface area contributed by atoms with Crippen molar-refractivity contribution >= 4 is 19.8 Å². The minimum absolute atomic E-state index is 0.0313. The largest absolute Gasteiger partial charge is 0.756 e. The Labute approximate surface area is 320 Å². The summed E-state index contributed by atoms with van der Waals surface area (Å²) in [6, 6.07) is 0. The van der Waals surface area contributed by atoms with Crippen LogP contribution in [0.25, 0.3) is 0 Å². The molecule has 0 saturated heterocycles. The van der Waals surface area contributed by atoms with E-state index < -0.39 is 26.5 Å². The SMILES string of the molecule is CCCCCCCCCCC/C=C/CCCCC(=O)O[C@H](COC(=O)CCCCCCCCCCCCCCC)COP(=O)([O-])OCC[N+](C)(C)C. The van der Waals surface area contributed by atoms with Crippen LogP contribution in [0.15, 0.2) is 12.2 Å². The summed E-state index contributed by atoms with van der Waals surface area (Å²) in [5, 5.41) is 0. The normalized spacial score (nSPS) is 13.7. The third-order valence-corrected chi connectivity index (χ3v) is 10.2. The Hall–Kier alpha value is -1.25. The average molecular weight is 760 g/mol. The van der Waals surface area contributed by atoms with Gasteiger partial charge in [0, 0.05) is 12.8 Å². The zero-order chi connectivity index (χ0) is 38.6. The maximum atomic E-state index is 12.6. The van der Waals surface area contributed by atoms with E-state index in [1.807, 2.05) is 21.1 Å². The zero-order valence-corrected chi connectivity index (χ0v) is 35.4. The van der Waals surface area contributed by atoms with Crippen molar-refractivity contribution in [3.05, 3.63) is 12.2 Å². The smallest absolute Gasteiger partial charge is 0.306 e. The predicted molar refractivity (Wildman–Crippen MR) is 213 cm³/mol. The van der Waals surface area contributed by atoms with Crippen molar-refractivity contribution in [1.82, 2.24) is 0 Å². The molecule has 9 nitrogen and oxygen atoms in total. The van der Waals surface area contributed by atoms with Gasteiger partial charge in [0.2, 0.25) is 0 Å². The zero-order valence-electron chi connectivity index (χ0n) is 34.5. The van der Waals surface area contributed by atoms with E-state index in [9.17, 15) is 19.0 Å². The van der Waals surface area contributed by atoms with Crippen LogP contribution in [0.1, 0.15) is 194 Å². The van der Waals surface area contributed by atoms with Crippen LogP contribution in [-0.2, 0) is 32.7 Å². The standard InChI is InChI=1S/C42H82NO8P/c1-6-8-10-12-14-16-18-20-21-23-25-27-29-31-33-35-42(45)51-40(39-50-52(46,47)49-37-36-43(3,4)5)38-48-41(44)34-32-30-28-26-24-22-19-17-15-13-11-9-7-2/h25,27,40H,6-24,26,28-39H2,1-5H3/b27-25+/t40-/m1/s1. The van der Waals surface area contributed by atoms with Crippen LogP contribution in [0.3, 0.4) is 0 Å². The van der Waals surface area contributed by atoms with Gasteiger partial charge < -0.3 is 27.9 Å². The monoisotopic (exact) mass is 760 g/mol. The lowest BCUT2D eigenvalue weighted by Crippen LogP contribution is -2.37. The molecule has 10 heteroatoms. The second-order valence-electron chi connectivity index (χ2n) is 15.7. The number of quaternary nitrogens is 1. The highest BCUT2D eigenvalue weighted by Gasteiger charge is 2.21. The molecule has 0 saturated carbocycles. The summed E-state index contributed by atoms with van der Waals surface area (Å²) in [5.41, 5.74) is 0. The summed E-state index contributed by atoms with van der Waals surface area (Å²) in [4.78, 5) is 37.4. The first kappa shape index (κ1) is 50.8. The molecule has 0 amide bonds. The number of phosphoric ester groups is 1. The molecule has 0 radical (unpaired) electrons. The Morgan fingerprint density at radius 3 is 1.46 bits per heavy atom. The number of hydrogen-bond donors (Lipinski definition) is 0. The number of ether oxygens (including phenoxy) is 2. The maximum Gasteiger partial charge on any atom is 0.306 e. The van der Waals surface area contributed by atoms with Crippen molar-refractivity contribution in [3.8, 4) is 0 Å². The van der Waals surface area contributed by atoms with E-state index in [0.29, 0.717) is 17.4 Å². The number of likely N-dealkylation sites (N-methyl/N-ethyl adjacent to an activating group) is 1. The molecule has 0 aliphatic rings. The summed E-state index contributed by atoms with van der Waals surface area (Å²) in [6.07, 6.45) is 35.2. The fourth-order valence-electron chi connectivity index (χ4n) is 5.88. The number of allylic oxidation sites excluding steroid dienone is 2. The number of esters is 2. The molecule has 0 aliphatic heterocycles. The second kappa shape index (κ2) is 35.5. The molecule has 0 bridgehead atoms. The average Bonchev–Trinajstić information content (AvgIpc) is 3.09. The number of nitrogens with zero attached hydrogens (tertiary/aromatic N) is 1. The number of unbranched alkanes of at least 4 members (excludes halogenated alkanes) is 23. The van der Waals surface area contributed by atoms with Gasteiger partial charge in [0.15, 0.2) is 6.10 Å². The maximum absolute atomic E-state index is 12.6. The Kier molecular flexibility index (Phi) is 34.6. The lowest BCUT2D eigenvalue weighted by atomic mass is 10.0. The molecule has 0 fully saturated rings. The van der Waals surface area contributed by atoms with E-state index in [-0.39, 0.29) is 32.0 Å². The molecule has 52 heavy (non-hydrogen) atoms. The van der Waals surface area contributed by atoms with Gasteiger partial charge in [-0.15, -0.1) is 0 Å². The van der Waals surface area contributed by atoms with Gasteiger partial charge in [-0.05, 0) is 38.5 Å². The highest BCUT2D eigenvalue weighted by atomic mass is 31.2. The lowest BCUT2D eigenvalue weighted by molar-refractivity contribution is -0.870. The van der Waals surface area contributed by atoms with Gasteiger partial charge in [-0.2, -0.15) is 0 Å². The molecule has 0 aromatic rings. The molecule has 0 aromatic heterocycles. The summed E-state index contributed by atoms with van der Waals surface area (Å²) >= 11 is 0. The number of carbonyl (C=O) groups is 2. The predicted octanol–water partition coefficient (Wildman–Crippen LogP) is 11.2. The van der Waals surface area contributed by atoms with Crippen LogP contribution in [0, 0.1) is 0 Å². The van der Waals surface area contributed by atoms with Crippen LogP contribution in [0.5, 0.6) is 0 Å². The van der Waals surface area contributed by atoms with Gasteiger partial charge >= 0.3 is 11.9 Å². The van der Waals surface area contributed by atoms with Crippen molar-refractivity contribution < 1.29 is 42.1 Å². The van der Waals surface area contributed by atoms with Crippen LogP contribution in [-0.4, -0.2) is 70.0 Å². The van der Waals surface area contributed by atoms with E-state index in [2.05, 4.69) is 26.0 Å². The molecule has 0 rings (SSSR count). The lowest BCUT2D eigenvalue weighted by Gasteiger charge is -2.28. The number of phosphoric acid groups is 1. The summed E-state index contributed by atoms with van der Waals surface area (Å²) in [5.74, 6) is -0.852. The van der Waals surface area contributed by atoms with Crippen LogP contribution in [0.2, 0.25) is 0 Å². The quantitative estimate of drug-likeness (QED) is 0.0200. The van der Waals surface area contributed by atoms with Gasteiger partial charge in [-0.3, -0.25) is 14.2 Å². The Morgan fingerprint density at radius 1 is 0.577 bits per heavy atom. The van der Waals surface area contributed by atoms with E-state index in [1.165, 1.54) is 122 Å². The third-order valence-electron chi connectivity index (χ3n) is 9.29. The van der Waals surface area contributed by atoms with Crippen molar-refractivity contribution in [2.45, 2.75) is 200 Å². The number of carbonyl (C=O) groups excluding carboxylic acids is 2. The van der Waals surface area contributed by atoms with Crippen molar-refractivity contribution in [2.75, 3.05) is 47.5 Å². The topological polar surface area (TPSA) is 111 Å². The second-order valence-corrected chi connectivity index (χ2v) is 17.1. The van der Waals surface area contributed by atoms with Gasteiger partial charge in [-0.25, -0.2) is 0 Å². The molecule has 2 atom stereocenters. The van der Waals surface area contributed by atoms with E-state index in [1.54, 1.807) is 0 Å². The van der Waals surface area contributed by atoms with Gasteiger partial charge in [0.05, 0.1) is 27.7 Å². The van der Waals surface area contributed by atoms with Crippen molar-refractivity contribution in [1.29, 1.82) is 0 Å². The number of hydrogen-bond acceptors (Lipinski definition) is 8. The van der Waals surface area contributed by atoms with E-state index in [0.717, 1.165) is 38.5 Å². The first-order chi connectivity index (χ1) is 25.0. The van der Waals surface area contributed by atoms with Crippen LogP contribution < -0.4 is 4.89 Å². The Morgan fingerprint density at radius 2 is 0.981 bits per heavy atom. The minimum atomic E-state index is -4.62. The van der Waals surface area contributed by atoms with Crippen molar-refractivity contribution in [3.63, 3.8) is 0 Å². The van der Waals surface area contributed by atoms with Gasteiger partial charge in [0.1, 0.15) is 19.8 Å². The highest BCUT2D eigenvalue weighted by molar-refractivity contribution is 7.45. The summed E-state index contributed by atoms with van der Waals surface area (Å²) in [6.45, 7) is 4.21. The van der Waals surface area contributed by atoms with Crippen LogP contribution >= 0.6 is 7.82 Å². The van der Waals surface area contributed by atoms with E-state index in [4.69, 9.17) is 18.5 Å². The summed E-state index contributed by atoms with van der Waals surface area (Å²) < 4.78 is 33.8. The number of rotatable bonds is 39. The highest BCUT2D eigenvalue weighted by Crippen LogP contribution is 2.38. The Balaban J connectivity index is 4.39. The molecular formula is C42H82NO8P. The van der Waals surface area contributed by atoms with Gasteiger partial charge in [0.25, 0.3) is 7.82 Å². The molecule has 308 valence electrons. The first-order valence-electron chi connectivity index (χ1n) is 21.4. The molecule has 0 N–H and O–H groups in total. The molecular weight excluding hydrogens is 677 g/mol. The molecule has 1 unspecified atom stereocenters.